The van der Waals surface area contributed by atoms with Crippen LogP contribution in [-0.2, 0) is 11.8 Å². The predicted octanol–water partition coefficient (Wildman–Crippen LogP) is 3.37. The second-order valence-electron chi connectivity index (χ2n) is 6.67. The van der Waals surface area contributed by atoms with E-state index in [0.717, 1.165) is 12.0 Å². The monoisotopic (exact) mass is 241 g/mol. The molecule has 4 rings (SSSR count). The number of rotatable bonds is 0. The molecular weight excluding hydrogens is 218 g/mol. The van der Waals surface area contributed by atoms with E-state index >= 15 is 0 Å². The molecule has 1 aliphatic heterocycles. The Kier molecular flexibility index (Phi) is 2.35. The molecule has 1 aromatic carbocycles. The van der Waals surface area contributed by atoms with Crippen LogP contribution >= 0.6 is 0 Å². The number of hydrogen-bond acceptors (Lipinski definition) is 1. The molecule has 1 heterocycles. The molecule has 0 N–H and O–H groups in total. The van der Waals surface area contributed by atoms with Gasteiger partial charge in [-0.2, -0.15) is 0 Å². The van der Waals surface area contributed by atoms with Gasteiger partial charge in [-0.3, -0.25) is 0 Å². The summed E-state index contributed by atoms with van der Waals surface area (Å²) in [7, 11) is 2.34. The van der Waals surface area contributed by atoms with Crippen LogP contribution in [0.1, 0.15) is 43.2 Å². The number of piperidine rings is 1. The molecule has 2 fully saturated rings. The predicted molar refractivity (Wildman–Crippen MR) is 74.8 cm³/mol. The minimum Gasteiger partial charge on any atom is -0.303 e. The molecule has 3 atom stereocenters. The highest BCUT2D eigenvalue weighted by Crippen LogP contribution is 2.55. The Balaban J connectivity index is 1.90. The first-order valence-electron chi connectivity index (χ1n) is 7.60. The van der Waals surface area contributed by atoms with Crippen LogP contribution in [0.2, 0.25) is 0 Å². The summed E-state index contributed by atoms with van der Waals surface area (Å²) in [4.78, 5) is 2.64. The van der Waals surface area contributed by atoms with Gasteiger partial charge in [0.1, 0.15) is 0 Å². The maximum atomic E-state index is 2.64. The Morgan fingerprint density at radius 1 is 1.17 bits per heavy atom. The van der Waals surface area contributed by atoms with Crippen molar-refractivity contribution in [2.45, 2.75) is 50.0 Å². The maximum absolute atomic E-state index is 2.64. The van der Waals surface area contributed by atoms with E-state index in [1.165, 1.54) is 45.1 Å². The van der Waals surface area contributed by atoms with Crippen LogP contribution in [0.15, 0.2) is 24.3 Å². The van der Waals surface area contributed by atoms with Crippen molar-refractivity contribution in [3.05, 3.63) is 35.4 Å². The van der Waals surface area contributed by atoms with Gasteiger partial charge >= 0.3 is 0 Å². The Morgan fingerprint density at radius 3 is 3.00 bits per heavy atom. The summed E-state index contributed by atoms with van der Waals surface area (Å²) in [6.07, 6.45) is 8.49. The smallest absolute Gasteiger partial charge is 0.0169 e. The van der Waals surface area contributed by atoms with E-state index in [0.29, 0.717) is 5.41 Å². The standard InChI is InChI=1S/C17H23N/c1-18-11-10-17-9-5-4-8-15(17)16(18)12-13-6-2-3-7-14(13)17/h2-3,6-7,15-16H,4-5,8-12H2,1H3/t15?,16-,17+/m1/s1. The average Bonchev–Trinajstić information content (AvgIpc) is 2.43. The number of likely N-dealkylation sites (N-methyl/N-ethyl adjacent to an activating group) is 1. The molecule has 18 heavy (non-hydrogen) atoms. The van der Waals surface area contributed by atoms with Crippen molar-refractivity contribution >= 4 is 0 Å². The lowest BCUT2D eigenvalue weighted by Gasteiger charge is -2.58. The molecule has 0 spiro atoms. The van der Waals surface area contributed by atoms with Gasteiger partial charge in [-0.1, -0.05) is 37.1 Å². The van der Waals surface area contributed by atoms with Gasteiger partial charge in [0.25, 0.3) is 0 Å². The van der Waals surface area contributed by atoms with Crippen LogP contribution in [0.4, 0.5) is 0 Å². The molecule has 2 bridgehead atoms. The van der Waals surface area contributed by atoms with E-state index < -0.39 is 0 Å². The molecule has 0 radical (unpaired) electrons. The summed E-state index contributed by atoms with van der Waals surface area (Å²) in [5, 5.41) is 0. The number of fused-ring (bicyclic) bond motifs is 1. The van der Waals surface area contributed by atoms with Crippen LogP contribution in [0.25, 0.3) is 0 Å². The third kappa shape index (κ3) is 1.31. The van der Waals surface area contributed by atoms with E-state index in [4.69, 9.17) is 0 Å². The first kappa shape index (κ1) is 11.0. The summed E-state index contributed by atoms with van der Waals surface area (Å²) in [6, 6.07) is 10.1. The van der Waals surface area contributed by atoms with E-state index in [1.807, 2.05) is 0 Å². The van der Waals surface area contributed by atoms with Gasteiger partial charge in [0, 0.05) is 11.5 Å². The van der Waals surface area contributed by atoms with Gasteiger partial charge in [0.2, 0.25) is 0 Å². The summed E-state index contributed by atoms with van der Waals surface area (Å²) in [5.41, 5.74) is 3.91. The van der Waals surface area contributed by atoms with E-state index in [1.54, 1.807) is 11.1 Å². The highest BCUT2D eigenvalue weighted by Gasteiger charge is 2.52. The van der Waals surface area contributed by atoms with Gasteiger partial charge in [0.05, 0.1) is 0 Å². The van der Waals surface area contributed by atoms with Crippen molar-refractivity contribution in [2.75, 3.05) is 13.6 Å². The zero-order valence-electron chi connectivity index (χ0n) is 11.4. The average molecular weight is 241 g/mol. The molecule has 1 nitrogen and oxygen atoms in total. The number of hydrogen-bond donors (Lipinski definition) is 0. The van der Waals surface area contributed by atoms with E-state index in [-0.39, 0.29) is 0 Å². The first-order valence-corrected chi connectivity index (χ1v) is 7.60. The Morgan fingerprint density at radius 2 is 2.06 bits per heavy atom. The van der Waals surface area contributed by atoms with Crippen molar-refractivity contribution in [3.8, 4) is 0 Å². The summed E-state index contributed by atoms with van der Waals surface area (Å²) in [6.45, 7) is 1.30. The second-order valence-corrected chi connectivity index (χ2v) is 6.67. The lowest BCUT2D eigenvalue weighted by atomic mass is 9.52. The fourth-order valence-corrected chi connectivity index (χ4v) is 5.16. The van der Waals surface area contributed by atoms with Crippen molar-refractivity contribution < 1.29 is 0 Å². The molecule has 1 saturated carbocycles. The van der Waals surface area contributed by atoms with E-state index in [9.17, 15) is 0 Å². The molecule has 0 amide bonds. The lowest BCUT2D eigenvalue weighted by molar-refractivity contribution is 0.00286. The molecule has 1 aromatic rings. The molecule has 3 aliphatic rings. The minimum atomic E-state index is 0.546. The molecule has 0 aromatic heterocycles. The van der Waals surface area contributed by atoms with Gasteiger partial charge in [-0.15, -0.1) is 0 Å². The third-order valence-electron chi connectivity index (χ3n) is 6.02. The van der Waals surface area contributed by atoms with Crippen molar-refractivity contribution in [1.82, 2.24) is 4.90 Å². The maximum Gasteiger partial charge on any atom is 0.0169 e. The molecule has 96 valence electrons. The van der Waals surface area contributed by atoms with Crippen molar-refractivity contribution in [2.24, 2.45) is 5.92 Å². The van der Waals surface area contributed by atoms with E-state index in [2.05, 4.69) is 36.2 Å². The van der Waals surface area contributed by atoms with Crippen LogP contribution < -0.4 is 0 Å². The normalized spacial score (nSPS) is 38.9. The van der Waals surface area contributed by atoms with Crippen molar-refractivity contribution in [3.63, 3.8) is 0 Å². The Labute approximate surface area is 110 Å². The van der Waals surface area contributed by atoms with Gasteiger partial charge in [-0.25, -0.2) is 0 Å². The minimum absolute atomic E-state index is 0.546. The van der Waals surface area contributed by atoms with Gasteiger partial charge < -0.3 is 4.90 Å². The molecular formula is C17H23N. The Hall–Kier alpha value is -0.820. The van der Waals surface area contributed by atoms with Gasteiger partial charge in [0.15, 0.2) is 0 Å². The molecule has 1 unspecified atom stereocenters. The zero-order valence-corrected chi connectivity index (χ0v) is 11.4. The number of likely N-dealkylation sites (tertiary alicyclic amines) is 1. The summed E-state index contributed by atoms with van der Waals surface area (Å²) in [5.74, 6) is 0.930. The van der Waals surface area contributed by atoms with Crippen LogP contribution in [-0.4, -0.2) is 24.5 Å². The summed E-state index contributed by atoms with van der Waals surface area (Å²) < 4.78 is 0. The number of nitrogens with zero attached hydrogens (tertiary/aromatic N) is 1. The van der Waals surface area contributed by atoms with Crippen LogP contribution in [0.5, 0.6) is 0 Å². The first-order chi connectivity index (χ1) is 8.81. The fraction of sp³-hybridized carbons (Fsp3) is 0.647. The highest BCUT2D eigenvalue weighted by molar-refractivity contribution is 5.41. The summed E-state index contributed by atoms with van der Waals surface area (Å²) >= 11 is 0. The topological polar surface area (TPSA) is 3.24 Å². The van der Waals surface area contributed by atoms with Crippen molar-refractivity contribution in [1.29, 1.82) is 0 Å². The zero-order chi connectivity index (χ0) is 12.2. The number of benzene rings is 1. The quantitative estimate of drug-likeness (QED) is 0.673. The SMILES string of the molecule is CN1CC[C@]23CCCCC2[C@H]1Cc1ccccc13. The largest absolute Gasteiger partial charge is 0.303 e. The highest BCUT2D eigenvalue weighted by atomic mass is 15.1. The second kappa shape index (κ2) is 3.84. The third-order valence-corrected chi connectivity index (χ3v) is 6.02. The molecule has 1 heteroatoms. The van der Waals surface area contributed by atoms with Gasteiger partial charge in [-0.05, 0) is 56.3 Å². The van der Waals surface area contributed by atoms with Crippen LogP contribution in [0.3, 0.4) is 0 Å². The Bertz CT molecular complexity index is 466. The van der Waals surface area contributed by atoms with Crippen LogP contribution in [0, 0.1) is 5.92 Å². The lowest BCUT2D eigenvalue weighted by Crippen LogP contribution is -2.59. The molecule has 1 saturated heterocycles. The molecule has 2 aliphatic carbocycles. The fourth-order valence-electron chi connectivity index (χ4n) is 5.16.